The van der Waals surface area contributed by atoms with Gasteiger partial charge >= 0.3 is 0 Å². The summed E-state index contributed by atoms with van der Waals surface area (Å²) in [7, 11) is 3.16. The summed E-state index contributed by atoms with van der Waals surface area (Å²) in [6, 6.07) is 1.70. The van der Waals surface area contributed by atoms with Gasteiger partial charge < -0.3 is 15.2 Å². The van der Waals surface area contributed by atoms with Gasteiger partial charge in [-0.15, -0.1) is 0 Å². The van der Waals surface area contributed by atoms with Gasteiger partial charge in [0.25, 0.3) is 0 Å². The van der Waals surface area contributed by atoms with Gasteiger partial charge in [-0.1, -0.05) is 25.4 Å². The fraction of sp³-hybridized carbons (Fsp3) is 0.400. The maximum absolute atomic E-state index is 6.36. The van der Waals surface area contributed by atoms with Crippen molar-refractivity contribution < 1.29 is 9.47 Å². The number of pyridine rings is 1. The van der Waals surface area contributed by atoms with Gasteiger partial charge in [0.05, 0.1) is 30.3 Å². The van der Waals surface area contributed by atoms with Crippen LogP contribution < -0.4 is 15.2 Å². The Morgan fingerprint density at radius 1 is 1.25 bits per heavy atom. The lowest BCUT2D eigenvalue weighted by molar-refractivity contribution is 0.410. The van der Waals surface area contributed by atoms with E-state index < -0.39 is 0 Å². The van der Waals surface area contributed by atoms with E-state index in [4.69, 9.17) is 26.8 Å². The molecule has 0 aliphatic heterocycles. The van der Waals surface area contributed by atoms with Gasteiger partial charge in [0.1, 0.15) is 17.0 Å². The molecule has 1 aromatic carbocycles. The number of fused-ring (bicyclic) bond motifs is 1. The number of halogens is 1. The molecule has 0 saturated heterocycles. The fourth-order valence-corrected chi connectivity index (χ4v) is 2.87. The molecule has 20 heavy (non-hydrogen) atoms. The lowest BCUT2D eigenvalue weighted by Gasteiger charge is -2.19. The molecule has 0 spiro atoms. The first-order chi connectivity index (χ1) is 9.42. The average molecular weight is 295 g/mol. The van der Waals surface area contributed by atoms with Gasteiger partial charge in [-0.3, -0.25) is 0 Å². The van der Waals surface area contributed by atoms with Crippen molar-refractivity contribution in [3.63, 3.8) is 0 Å². The van der Waals surface area contributed by atoms with Gasteiger partial charge in [-0.2, -0.15) is 0 Å². The normalized spacial score (nSPS) is 11.2. The molecule has 1 aromatic heterocycles. The number of methoxy groups -OCH3 is 2. The number of anilines is 1. The second-order valence-electron chi connectivity index (χ2n) is 5.00. The Balaban J connectivity index is 3.01. The van der Waals surface area contributed by atoms with Crippen molar-refractivity contribution in [1.29, 1.82) is 0 Å². The molecule has 0 saturated carbocycles. The largest absolute Gasteiger partial charge is 0.494 e. The highest BCUT2D eigenvalue weighted by molar-refractivity contribution is 6.34. The zero-order valence-electron chi connectivity index (χ0n) is 12.4. The summed E-state index contributed by atoms with van der Waals surface area (Å²) in [4.78, 5) is 4.63. The third-order valence-electron chi connectivity index (χ3n) is 3.40. The molecule has 108 valence electrons. The van der Waals surface area contributed by atoms with Crippen LogP contribution in [0.2, 0.25) is 5.02 Å². The molecule has 2 aromatic rings. The molecule has 4 nitrogen and oxygen atoms in total. The van der Waals surface area contributed by atoms with Crippen LogP contribution in [0.25, 0.3) is 10.9 Å². The van der Waals surface area contributed by atoms with E-state index in [1.54, 1.807) is 20.3 Å². The van der Waals surface area contributed by atoms with E-state index >= 15 is 0 Å². The summed E-state index contributed by atoms with van der Waals surface area (Å²) in [5.41, 5.74) is 9.59. The predicted octanol–water partition coefficient (Wildman–Crippen LogP) is 3.92. The molecular weight excluding hydrogens is 276 g/mol. The Kier molecular flexibility index (Phi) is 3.95. The standard InChI is InChI=1S/C15H19ClN2O2/c1-7(2)11-8(3)18-14-10(19-4)6-9(16)15(20-5)12(14)13(11)17/h6-7H,1-5H3,(H2,17,18). The minimum absolute atomic E-state index is 0.265. The van der Waals surface area contributed by atoms with Gasteiger partial charge in [0.15, 0.2) is 0 Å². The summed E-state index contributed by atoms with van der Waals surface area (Å²) in [5, 5.41) is 1.18. The number of hydrogen-bond acceptors (Lipinski definition) is 4. The van der Waals surface area contributed by atoms with Crippen molar-refractivity contribution in [1.82, 2.24) is 4.98 Å². The van der Waals surface area contributed by atoms with Crippen molar-refractivity contribution >= 4 is 28.2 Å². The summed E-state index contributed by atoms with van der Waals surface area (Å²) >= 11 is 6.24. The summed E-state index contributed by atoms with van der Waals surface area (Å²) in [6.07, 6.45) is 0. The number of benzene rings is 1. The molecule has 2 rings (SSSR count). The Morgan fingerprint density at radius 2 is 1.90 bits per heavy atom. The third-order valence-corrected chi connectivity index (χ3v) is 3.68. The lowest BCUT2D eigenvalue weighted by Crippen LogP contribution is -2.05. The van der Waals surface area contributed by atoms with E-state index in [0.717, 1.165) is 11.3 Å². The van der Waals surface area contributed by atoms with Crippen LogP contribution in [-0.4, -0.2) is 19.2 Å². The van der Waals surface area contributed by atoms with Crippen molar-refractivity contribution in [3.8, 4) is 11.5 Å². The highest BCUT2D eigenvalue weighted by Crippen LogP contribution is 2.44. The van der Waals surface area contributed by atoms with Crippen molar-refractivity contribution in [2.45, 2.75) is 26.7 Å². The number of ether oxygens (including phenoxy) is 2. The number of nitrogen functional groups attached to an aromatic ring is 1. The Hall–Kier alpha value is -1.68. The van der Waals surface area contributed by atoms with Gasteiger partial charge in [-0.25, -0.2) is 4.98 Å². The molecule has 5 heteroatoms. The van der Waals surface area contributed by atoms with Crippen molar-refractivity contribution in [2.24, 2.45) is 0 Å². The Bertz CT molecular complexity index is 669. The molecule has 0 atom stereocenters. The van der Waals surface area contributed by atoms with Crippen molar-refractivity contribution in [3.05, 3.63) is 22.3 Å². The van der Waals surface area contributed by atoms with E-state index in [9.17, 15) is 0 Å². The van der Waals surface area contributed by atoms with Gasteiger partial charge in [0.2, 0.25) is 0 Å². The molecule has 0 fully saturated rings. The number of nitrogens with zero attached hydrogens (tertiary/aromatic N) is 1. The van der Waals surface area contributed by atoms with Gasteiger partial charge in [0, 0.05) is 11.8 Å². The maximum Gasteiger partial charge on any atom is 0.149 e. The molecule has 0 radical (unpaired) electrons. The van der Waals surface area contributed by atoms with Gasteiger partial charge in [-0.05, 0) is 18.4 Å². The van der Waals surface area contributed by atoms with E-state index in [2.05, 4.69) is 18.8 Å². The molecular formula is C15H19ClN2O2. The predicted molar refractivity (Wildman–Crippen MR) is 83.1 cm³/mol. The van der Waals surface area contributed by atoms with Crippen molar-refractivity contribution in [2.75, 3.05) is 20.0 Å². The van der Waals surface area contributed by atoms with Crippen LogP contribution in [0.4, 0.5) is 5.69 Å². The SMILES string of the molecule is COc1cc(Cl)c(OC)c2c(N)c(C(C)C)c(C)nc12. The first-order valence-corrected chi connectivity index (χ1v) is 6.80. The molecule has 0 unspecified atom stereocenters. The number of aromatic nitrogens is 1. The maximum atomic E-state index is 6.36. The second-order valence-corrected chi connectivity index (χ2v) is 5.40. The van der Waals surface area contributed by atoms with Crippen LogP contribution in [0.3, 0.4) is 0 Å². The van der Waals surface area contributed by atoms with Crippen LogP contribution in [0, 0.1) is 6.92 Å². The summed E-state index contributed by atoms with van der Waals surface area (Å²) in [6.45, 7) is 6.12. The molecule has 1 heterocycles. The Morgan fingerprint density at radius 3 is 2.40 bits per heavy atom. The number of nitrogens with two attached hydrogens (primary N) is 1. The first kappa shape index (κ1) is 14.7. The highest BCUT2D eigenvalue weighted by Gasteiger charge is 2.21. The van der Waals surface area contributed by atoms with E-state index in [1.807, 2.05) is 6.92 Å². The first-order valence-electron chi connectivity index (χ1n) is 6.42. The summed E-state index contributed by atoms with van der Waals surface area (Å²) < 4.78 is 10.8. The third kappa shape index (κ3) is 2.14. The molecule has 0 aliphatic rings. The molecule has 0 amide bonds. The van der Waals surface area contributed by atoms with Crippen LogP contribution in [0.5, 0.6) is 11.5 Å². The minimum Gasteiger partial charge on any atom is -0.494 e. The quantitative estimate of drug-likeness (QED) is 0.932. The molecule has 2 N–H and O–H groups in total. The second kappa shape index (κ2) is 5.37. The Labute approximate surface area is 123 Å². The molecule has 0 aliphatic carbocycles. The number of aryl methyl sites for hydroxylation is 1. The smallest absolute Gasteiger partial charge is 0.149 e. The number of hydrogen-bond donors (Lipinski definition) is 1. The highest BCUT2D eigenvalue weighted by atomic mass is 35.5. The van der Waals surface area contributed by atoms with Crippen LogP contribution in [0.15, 0.2) is 6.07 Å². The van der Waals surface area contributed by atoms with E-state index in [-0.39, 0.29) is 5.92 Å². The summed E-state index contributed by atoms with van der Waals surface area (Å²) in [5.74, 6) is 1.40. The average Bonchev–Trinajstić information content (AvgIpc) is 2.38. The zero-order valence-corrected chi connectivity index (χ0v) is 13.1. The van der Waals surface area contributed by atoms with E-state index in [0.29, 0.717) is 33.1 Å². The minimum atomic E-state index is 0.265. The zero-order chi connectivity index (χ0) is 15.0. The van der Waals surface area contributed by atoms with Crippen LogP contribution in [0.1, 0.15) is 31.0 Å². The number of rotatable bonds is 3. The van der Waals surface area contributed by atoms with Crippen LogP contribution in [-0.2, 0) is 0 Å². The monoisotopic (exact) mass is 294 g/mol. The van der Waals surface area contributed by atoms with E-state index in [1.165, 1.54) is 0 Å². The fourth-order valence-electron chi connectivity index (χ4n) is 2.60. The van der Waals surface area contributed by atoms with Crippen LogP contribution >= 0.6 is 11.6 Å². The topological polar surface area (TPSA) is 57.4 Å². The lowest BCUT2D eigenvalue weighted by atomic mass is 9.96. The molecule has 0 bridgehead atoms.